The molecule has 14 heavy (non-hydrogen) atoms. The highest BCUT2D eigenvalue weighted by Gasteiger charge is 2.34. The lowest BCUT2D eigenvalue weighted by Crippen LogP contribution is -2.29. The van der Waals surface area contributed by atoms with E-state index in [4.69, 9.17) is 5.11 Å². The largest absolute Gasteiger partial charge is 0.619 e. The first-order valence-electron chi connectivity index (χ1n) is 3.35. The summed E-state index contributed by atoms with van der Waals surface area (Å²) in [6.45, 7) is 0. The quantitative estimate of drug-likeness (QED) is 0.552. The van der Waals surface area contributed by atoms with E-state index in [2.05, 4.69) is 0 Å². The maximum Gasteiger partial charge on any atom is 0.422 e. The molecule has 1 rings (SSSR count). The Hall–Kier alpha value is -1.79. The molecule has 0 bridgehead atoms. The summed E-state index contributed by atoms with van der Waals surface area (Å²) in [5.74, 6) is -1.58. The van der Waals surface area contributed by atoms with Crippen molar-refractivity contribution in [2.45, 2.75) is 6.18 Å². The van der Waals surface area contributed by atoms with Crippen LogP contribution in [-0.4, -0.2) is 11.1 Å². The zero-order valence-corrected chi connectivity index (χ0v) is 6.58. The van der Waals surface area contributed by atoms with Crippen LogP contribution in [0.3, 0.4) is 0 Å². The van der Waals surface area contributed by atoms with E-state index in [1.807, 2.05) is 0 Å². The number of rotatable bonds is 1. The van der Waals surface area contributed by atoms with Gasteiger partial charge >= 0.3 is 12.1 Å². The van der Waals surface area contributed by atoms with Gasteiger partial charge in [-0.05, 0) is 6.07 Å². The molecule has 7 heteroatoms. The van der Waals surface area contributed by atoms with Crippen LogP contribution >= 0.6 is 0 Å². The molecule has 4 nitrogen and oxygen atoms in total. The average Bonchev–Trinajstić information content (AvgIpc) is 2.01. The normalized spacial score (nSPS) is 11.4. The van der Waals surface area contributed by atoms with E-state index < -0.39 is 23.3 Å². The number of alkyl halides is 3. The zero-order chi connectivity index (χ0) is 10.9. The molecule has 0 saturated carbocycles. The molecule has 0 aromatic carbocycles. The Morgan fingerprint density at radius 2 is 2.00 bits per heavy atom. The fourth-order valence-corrected chi connectivity index (χ4v) is 0.825. The molecule has 0 aliphatic heterocycles. The van der Waals surface area contributed by atoms with Crippen LogP contribution < -0.4 is 4.73 Å². The molecule has 0 radical (unpaired) electrons. The number of halogens is 3. The summed E-state index contributed by atoms with van der Waals surface area (Å²) in [7, 11) is 0. The van der Waals surface area contributed by atoms with Crippen LogP contribution in [0.15, 0.2) is 18.5 Å². The van der Waals surface area contributed by atoms with Crippen molar-refractivity contribution in [3.63, 3.8) is 0 Å². The molecule has 0 fully saturated rings. The minimum absolute atomic E-state index is 0.188. The predicted molar refractivity (Wildman–Crippen MR) is 37.4 cm³/mol. The molecular formula is C7H4F3NO3. The summed E-state index contributed by atoms with van der Waals surface area (Å²) >= 11 is 0. The van der Waals surface area contributed by atoms with Crippen LogP contribution in [-0.2, 0) is 6.18 Å². The zero-order valence-electron chi connectivity index (χ0n) is 6.58. The number of hydrogen-bond donors (Lipinski definition) is 1. The first kappa shape index (κ1) is 10.3. The second-order valence-electron chi connectivity index (χ2n) is 2.48. The number of aromatic carboxylic acids is 1. The van der Waals surface area contributed by atoms with E-state index >= 15 is 0 Å². The highest BCUT2D eigenvalue weighted by molar-refractivity contribution is 5.87. The summed E-state index contributed by atoms with van der Waals surface area (Å²) in [5, 5.41) is 19.0. The van der Waals surface area contributed by atoms with Gasteiger partial charge in [0.25, 0.3) is 0 Å². The second-order valence-corrected chi connectivity index (χ2v) is 2.48. The van der Waals surface area contributed by atoms with Crippen LogP contribution in [0.2, 0.25) is 0 Å². The van der Waals surface area contributed by atoms with Crippen molar-refractivity contribution in [1.82, 2.24) is 0 Å². The van der Waals surface area contributed by atoms with E-state index in [0.29, 0.717) is 12.3 Å². The molecule has 0 aliphatic rings. The first-order chi connectivity index (χ1) is 6.30. The van der Waals surface area contributed by atoms with E-state index in [1.54, 1.807) is 0 Å². The first-order valence-corrected chi connectivity index (χ1v) is 3.35. The number of aromatic nitrogens is 1. The van der Waals surface area contributed by atoms with Gasteiger partial charge in [-0.25, -0.2) is 4.79 Å². The molecule has 1 heterocycles. The lowest BCUT2D eigenvalue weighted by atomic mass is 10.2. The van der Waals surface area contributed by atoms with Crippen molar-refractivity contribution in [2.75, 3.05) is 0 Å². The van der Waals surface area contributed by atoms with Gasteiger partial charge in [0.05, 0.1) is 0 Å². The van der Waals surface area contributed by atoms with Crippen LogP contribution in [0.4, 0.5) is 13.2 Å². The SMILES string of the molecule is O=C(O)c1cc(C(F)(F)F)c[n+]([O-])c1. The van der Waals surface area contributed by atoms with E-state index in [0.717, 1.165) is 0 Å². The molecule has 1 aromatic heterocycles. The third-order valence-corrected chi connectivity index (χ3v) is 1.42. The number of pyridine rings is 1. The minimum atomic E-state index is -4.72. The number of carboxylic acid groups (broad SMARTS) is 1. The smallest absolute Gasteiger partial charge is 0.422 e. The maximum absolute atomic E-state index is 12.1. The van der Waals surface area contributed by atoms with Gasteiger partial charge in [-0.2, -0.15) is 17.9 Å². The van der Waals surface area contributed by atoms with E-state index in [1.165, 1.54) is 0 Å². The topological polar surface area (TPSA) is 64.2 Å². The third kappa shape index (κ3) is 2.12. The summed E-state index contributed by atoms with van der Waals surface area (Å²) in [4.78, 5) is 10.3. The van der Waals surface area contributed by atoms with Gasteiger partial charge in [-0.3, -0.25) is 0 Å². The number of hydrogen-bond acceptors (Lipinski definition) is 2. The number of carbonyl (C=O) groups is 1. The molecule has 0 spiro atoms. The van der Waals surface area contributed by atoms with Gasteiger partial charge in [0.2, 0.25) is 0 Å². The summed E-state index contributed by atoms with van der Waals surface area (Å²) in [5.41, 5.74) is -1.98. The highest BCUT2D eigenvalue weighted by Crippen LogP contribution is 2.28. The van der Waals surface area contributed by atoms with Crippen LogP contribution in [0.1, 0.15) is 15.9 Å². The number of nitrogens with zero attached hydrogens (tertiary/aromatic N) is 1. The van der Waals surface area contributed by atoms with E-state index in [9.17, 15) is 23.2 Å². The summed E-state index contributed by atoms with van der Waals surface area (Å²) < 4.78 is 36.0. The molecule has 0 atom stereocenters. The Balaban J connectivity index is 3.28. The lowest BCUT2D eigenvalue weighted by Gasteiger charge is -2.06. The predicted octanol–water partition coefficient (Wildman–Crippen LogP) is 1.04. The van der Waals surface area contributed by atoms with Crippen molar-refractivity contribution < 1.29 is 27.8 Å². The molecular weight excluding hydrogens is 203 g/mol. The van der Waals surface area contributed by atoms with Gasteiger partial charge in [-0.15, -0.1) is 0 Å². The Labute approximate surface area is 75.8 Å². The van der Waals surface area contributed by atoms with Gasteiger partial charge < -0.3 is 10.3 Å². The Kier molecular flexibility index (Phi) is 2.33. The van der Waals surface area contributed by atoms with Crippen molar-refractivity contribution in [1.29, 1.82) is 0 Å². The number of carboxylic acids is 1. The molecule has 1 N–H and O–H groups in total. The van der Waals surface area contributed by atoms with Crippen molar-refractivity contribution >= 4 is 5.97 Å². The van der Waals surface area contributed by atoms with Gasteiger partial charge in [0.15, 0.2) is 12.4 Å². The van der Waals surface area contributed by atoms with Crippen LogP contribution in [0.5, 0.6) is 0 Å². The van der Waals surface area contributed by atoms with Gasteiger partial charge in [0.1, 0.15) is 11.1 Å². The Morgan fingerprint density at radius 3 is 2.43 bits per heavy atom. The minimum Gasteiger partial charge on any atom is -0.619 e. The summed E-state index contributed by atoms with van der Waals surface area (Å²) in [6, 6.07) is 0.400. The fraction of sp³-hybridized carbons (Fsp3) is 0.143. The van der Waals surface area contributed by atoms with Gasteiger partial charge in [0, 0.05) is 0 Å². The average molecular weight is 207 g/mol. The molecule has 0 amide bonds. The highest BCUT2D eigenvalue weighted by atomic mass is 19.4. The molecule has 76 valence electrons. The van der Waals surface area contributed by atoms with Crippen LogP contribution in [0, 0.1) is 5.21 Å². The second kappa shape index (κ2) is 3.17. The third-order valence-electron chi connectivity index (χ3n) is 1.42. The van der Waals surface area contributed by atoms with Crippen LogP contribution in [0.25, 0.3) is 0 Å². The van der Waals surface area contributed by atoms with Gasteiger partial charge in [-0.1, -0.05) is 0 Å². The van der Waals surface area contributed by atoms with Crippen molar-refractivity contribution in [2.24, 2.45) is 0 Å². The Bertz CT molecular complexity index is 375. The molecule has 0 unspecified atom stereocenters. The molecule has 1 aromatic rings. The summed E-state index contributed by atoms with van der Waals surface area (Å²) in [6.07, 6.45) is -3.90. The van der Waals surface area contributed by atoms with Crippen molar-refractivity contribution in [3.8, 4) is 0 Å². The van der Waals surface area contributed by atoms with E-state index in [-0.39, 0.29) is 10.9 Å². The molecule has 0 saturated heterocycles. The lowest BCUT2D eigenvalue weighted by molar-refractivity contribution is -0.606. The van der Waals surface area contributed by atoms with Crippen molar-refractivity contribution in [3.05, 3.63) is 34.8 Å². The Morgan fingerprint density at radius 1 is 1.43 bits per heavy atom. The fourth-order valence-electron chi connectivity index (χ4n) is 0.825. The standard InChI is InChI=1S/C7H4F3NO3/c8-7(9,10)5-1-4(6(12)13)2-11(14)3-5/h1-3H,(H,12,13). The maximum atomic E-state index is 12.1. The monoisotopic (exact) mass is 207 g/mol. The molecule has 0 aliphatic carbocycles.